The normalized spacial score (nSPS) is 30.0. The summed E-state index contributed by atoms with van der Waals surface area (Å²) in [5.74, 6) is -2.46. The number of aryl methyl sites for hydroxylation is 1. The molecule has 0 aliphatic carbocycles. The number of fused-ring (bicyclic) bond motifs is 7. The zero-order valence-corrected chi connectivity index (χ0v) is 18.0. The molecule has 2 aromatic rings. The molecular formula is C24H22N4O5. The molecule has 0 saturated carbocycles. The van der Waals surface area contributed by atoms with Crippen LogP contribution in [0.5, 0.6) is 0 Å². The lowest BCUT2D eigenvalue weighted by molar-refractivity contribution is -0.384. The largest absolute Gasteiger partial charge is 0.324 e. The number of nitro groups is 1. The third-order valence-corrected chi connectivity index (χ3v) is 7.81. The minimum Gasteiger partial charge on any atom is -0.324 e. The molecule has 4 atom stereocenters. The van der Waals surface area contributed by atoms with Gasteiger partial charge in [-0.3, -0.25) is 29.4 Å². The van der Waals surface area contributed by atoms with Crippen molar-refractivity contribution in [2.75, 3.05) is 16.8 Å². The summed E-state index contributed by atoms with van der Waals surface area (Å²) in [6.45, 7) is 2.67. The van der Waals surface area contributed by atoms with E-state index in [1.54, 1.807) is 0 Å². The Hall–Kier alpha value is -3.59. The molecule has 0 radical (unpaired) electrons. The molecule has 2 aromatic carbocycles. The van der Waals surface area contributed by atoms with Crippen LogP contribution in [-0.2, 0) is 26.3 Å². The number of nitro benzene ring substituents is 1. The van der Waals surface area contributed by atoms with Crippen LogP contribution < -0.4 is 10.2 Å². The summed E-state index contributed by atoms with van der Waals surface area (Å²) in [4.78, 5) is 55.0. The highest BCUT2D eigenvalue weighted by atomic mass is 16.6. The zero-order valence-electron chi connectivity index (χ0n) is 18.0. The zero-order chi connectivity index (χ0) is 23.1. The number of hydrogen-bond donors (Lipinski definition) is 1. The summed E-state index contributed by atoms with van der Waals surface area (Å²) >= 11 is 0. The first-order valence-electron chi connectivity index (χ1n) is 11.2. The number of para-hydroxylation sites is 1. The molecule has 4 aliphatic rings. The molecule has 9 nitrogen and oxygen atoms in total. The van der Waals surface area contributed by atoms with Crippen LogP contribution in [0.3, 0.4) is 0 Å². The molecule has 168 valence electrons. The lowest BCUT2D eigenvalue weighted by Crippen LogP contribution is -2.54. The number of non-ortho nitro benzene ring substituents is 1. The van der Waals surface area contributed by atoms with E-state index in [4.69, 9.17) is 0 Å². The number of benzene rings is 2. The van der Waals surface area contributed by atoms with Crippen LogP contribution >= 0.6 is 0 Å². The van der Waals surface area contributed by atoms with E-state index in [-0.39, 0.29) is 23.5 Å². The number of imide groups is 1. The molecule has 4 aliphatic heterocycles. The smallest absolute Gasteiger partial charge is 0.269 e. The SMILES string of the molecule is CCc1cccc2c1NC(=O)[C@@]21[C@@H]2C(=O)N(c3ccc([N+](=O)[O-])cc3)C(=O)[C@@H]2[C@H]2CCCN21. The number of rotatable bonds is 3. The summed E-state index contributed by atoms with van der Waals surface area (Å²) in [6, 6.07) is 11.0. The number of hydrogen-bond acceptors (Lipinski definition) is 6. The quantitative estimate of drug-likeness (QED) is 0.441. The Labute approximate surface area is 189 Å². The average Bonchev–Trinajstić information content (AvgIpc) is 3.52. The van der Waals surface area contributed by atoms with Crippen molar-refractivity contribution < 1.29 is 19.3 Å². The van der Waals surface area contributed by atoms with Crippen LogP contribution in [0.15, 0.2) is 42.5 Å². The van der Waals surface area contributed by atoms with E-state index < -0.39 is 28.2 Å². The van der Waals surface area contributed by atoms with Gasteiger partial charge in [0.1, 0.15) is 5.54 Å². The molecule has 9 heteroatoms. The summed E-state index contributed by atoms with van der Waals surface area (Å²) < 4.78 is 0. The Balaban J connectivity index is 1.51. The molecule has 1 N–H and O–H groups in total. The number of carbonyl (C=O) groups excluding carboxylic acids is 3. The van der Waals surface area contributed by atoms with E-state index in [0.29, 0.717) is 12.2 Å². The van der Waals surface area contributed by atoms with Crippen molar-refractivity contribution in [3.63, 3.8) is 0 Å². The summed E-state index contributed by atoms with van der Waals surface area (Å²) in [5, 5.41) is 14.1. The fraction of sp³-hybridized carbons (Fsp3) is 0.375. The van der Waals surface area contributed by atoms with Crippen LogP contribution in [0.25, 0.3) is 0 Å². The van der Waals surface area contributed by atoms with Crippen molar-refractivity contribution in [2.45, 2.75) is 37.8 Å². The van der Waals surface area contributed by atoms with Crippen LogP contribution in [0.2, 0.25) is 0 Å². The minimum absolute atomic E-state index is 0.118. The van der Waals surface area contributed by atoms with Crippen molar-refractivity contribution in [3.8, 4) is 0 Å². The van der Waals surface area contributed by atoms with Gasteiger partial charge in [-0.2, -0.15) is 0 Å². The van der Waals surface area contributed by atoms with Crippen LogP contribution in [-0.4, -0.2) is 40.1 Å². The molecule has 3 amide bonds. The topological polar surface area (TPSA) is 113 Å². The molecule has 3 fully saturated rings. The van der Waals surface area contributed by atoms with Crippen molar-refractivity contribution in [2.24, 2.45) is 11.8 Å². The van der Waals surface area contributed by atoms with Crippen molar-refractivity contribution >= 4 is 34.8 Å². The van der Waals surface area contributed by atoms with Crippen molar-refractivity contribution in [1.29, 1.82) is 0 Å². The Bertz CT molecular complexity index is 1240. The Morgan fingerprint density at radius 1 is 1.12 bits per heavy atom. The fourth-order valence-electron chi connectivity index (χ4n) is 6.56. The van der Waals surface area contributed by atoms with E-state index in [2.05, 4.69) is 10.2 Å². The van der Waals surface area contributed by atoms with Gasteiger partial charge in [0, 0.05) is 29.4 Å². The third-order valence-electron chi connectivity index (χ3n) is 7.81. The highest BCUT2D eigenvalue weighted by Crippen LogP contribution is 2.61. The second kappa shape index (κ2) is 6.71. The van der Waals surface area contributed by atoms with E-state index in [9.17, 15) is 24.5 Å². The molecule has 4 heterocycles. The number of carbonyl (C=O) groups is 3. The van der Waals surface area contributed by atoms with Crippen LogP contribution in [0.4, 0.5) is 17.1 Å². The van der Waals surface area contributed by atoms with E-state index in [0.717, 1.165) is 41.0 Å². The second-order valence-electron chi connectivity index (χ2n) is 9.11. The van der Waals surface area contributed by atoms with Gasteiger partial charge in [0.15, 0.2) is 0 Å². The minimum atomic E-state index is -1.21. The number of anilines is 2. The van der Waals surface area contributed by atoms with Gasteiger partial charge < -0.3 is 5.32 Å². The van der Waals surface area contributed by atoms with E-state index in [1.165, 1.54) is 24.3 Å². The molecular weight excluding hydrogens is 424 g/mol. The molecule has 6 rings (SSSR count). The molecule has 3 saturated heterocycles. The lowest BCUT2D eigenvalue weighted by Gasteiger charge is -2.36. The van der Waals surface area contributed by atoms with Gasteiger partial charge in [-0.25, -0.2) is 4.90 Å². The average molecular weight is 446 g/mol. The first kappa shape index (κ1) is 20.0. The molecule has 0 unspecified atom stereocenters. The fourth-order valence-corrected chi connectivity index (χ4v) is 6.56. The summed E-state index contributed by atoms with van der Waals surface area (Å²) in [5.41, 5.74) is 1.50. The summed E-state index contributed by atoms with van der Waals surface area (Å²) in [6.07, 6.45) is 2.33. The Morgan fingerprint density at radius 3 is 2.58 bits per heavy atom. The number of nitrogens with zero attached hydrogens (tertiary/aromatic N) is 3. The van der Waals surface area contributed by atoms with Crippen LogP contribution in [0.1, 0.15) is 30.9 Å². The van der Waals surface area contributed by atoms with Gasteiger partial charge >= 0.3 is 0 Å². The van der Waals surface area contributed by atoms with E-state index in [1.807, 2.05) is 25.1 Å². The molecule has 33 heavy (non-hydrogen) atoms. The van der Waals surface area contributed by atoms with Gasteiger partial charge in [0.25, 0.3) is 5.69 Å². The number of amides is 3. The van der Waals surface area contributed by atoms with Gasteiger partial charge in [-0.05, 0) is 43.5 Å². The standard InChI is InChI=1S/C24H22N4O5/c1-2-13-5-3-6-16-20(13)25-23(31)24(16)19-18(17-7-4-12-26(17)24)21(29)27(22(19)30)14-8-10-15(11-9-14)28(32)33/h3,5-6,8-11,17-19H,2,4,7,12H2,1H3,(H,25,31)/t17-,18-,19+,24+/m1/s1. The summed E-state index contributed by atoms with van der Waals surface area (Å²) in [7, 11) is 0. The molecule has 1 spiro atoms. The highest BCUT2D eigenvalue weighted by Gasteiger charge is 2.74. The van der Waals surface area contributed by atoms with Gasteiger partial charge in [0.2, 0.25) is 17.7 Å². The number of nitrogens with one attached hydrogen (secondary N) is 1. The molecule has 0 aromatic heterocycles. The van der Waals surface area contributed by atoms with Crippen molar-refractivity contribution in [1.82, 2.24) is 4.90 Å². The maximum absolute atomic E-state index is 13.9. The second-order valence-corrected chi connectivity index (χ2v) is 9.11. The first-order chi connectivity index (χ1) is 15.9. The Morgan fingerprint density at radius 2 is 1.88 bits per heavy atom. The highest BCUT2D eigenvalue weighted by molar-refractivity contribution is 6.26. The lowest BCUT2D eigenvalue weighted by atomic mass is 9.75. The van der Waals surface area contributed by atoms with Crippen molar-refractivity contribution in [3.05, 3.63) is 63.7 Å². The predicted molar refractivity (Wildman–Crippen MR) is 118 cm³/mol. The predicted octanol–water partition coefficient (Wildman–Crippen LogP) is 2.59. The van der Waals surface area contributed by atoms with Gasteiger partial charge in [0.05, 0.1) is 22.4 Å². The maximum Gasteiger partial charge on any atom is 0.269 e. The third kappa shape index (κ3) is 2.32. The van der Waals surface area contributed by atoms with E-state index >= 15 is 0 Å². The molecule has 0 bridgehead atoms. The van der Waals surface area contributed by atoms with Gasteiger partial charge in [-0.1, -0.05) is 25.1 Å². The Kier molecular flexibility index (Phi) is 4.08. The van der Waals surface area contributed by atoms with Gasteiger partial charge in [-0.15, -0.1) is 0 Å². The monoisotopic (exact) mass is 446 g/mol. The van der Waals surface area contributed by atoms with Crippen LogP contribution in [0, 0.1) is 22.0 Å². The first-order valence-corrected chi connectivity index (χ1v) is 11.2. The maximum atomic E-state index is 13.9.